The number of aliphatic hydroxyl groups is 1. The maximum Gasteiger partial charge on any atom is 0.206 e. The zero-order chi connectivity index (χ0) is 15.1. The van der Waals surface area contributed by atoms with Crippen LogP contribution in [0.4, 0.5) is 5.69 Å². The summed E-state index contributed by atoms with van der Waals surface area (Å²) in [5.74, 6) is 0. The van der Waals surface area contributed by atoms with Crippen molar-refractivity contribution in [1.29, 1.82) is 0 Å². The van der Waals surface area contributed by atoms with Gasteiger partial charge in [0.15, 0.2) is 5.60 Å². The third kappa shape index (κ3) is 1.54. The quantitative estimate of drug-likeness (QED) is 0.560. The van der Waals surface area contributed by atoms with Gasteiger partial charge in [0.05, 0.1) is 19.6 Å². The summed E-state index contributed by atoms with van der Waals surface area (Å²) in [5.41, 5.74) is 1.73. The largest absolute Gasteiger partial charge is 1.00 e. The summed E-state index contributed by atoms with van der Waals surface area (Å²) in [4.78, 5) is 0. The van der Waals surface area contributed by atoms with Crippen LogP contribution in [0.25, 0.3) is 0 Å². The molecule has 0 amide bonds. The number of hydrogen-bond donors (Lipinski definition) is 2. The van der Waals surface area contributed by atoms with Crippen LogP contribution in [0.1, 0.15) is 38.2 Å². The summed E-state index contributed by atoms with van der Waals surface area (Å²) in [7, 11) is 0. The fourth-order valence-electron chi connectivity index (χ4n) is 6.11. The number of rotatable bonds is 1. The summed E-state index contributed by atoms with van der Waals surface area (Å²) in [6.45, 7) is 5.65. The van der Waals surface area contributed by atoms with Gasteiger partial charge in [-0.2, -0.15) is 0 Å². The van der Waals surface area contributed by atoms with Crippen molar-refractivity contribution < 1.29 is 22.0 Å². The van der Waals surface area contributed by atoms with Gasteiger partial charge < -0.3 is 22.8 Å². The zero-order valence-electron chi connectivity index (χ0n) is 13.7. The van der Waals surface area contributed by atoms with E-state index in [0.717, 1.165) is 41.7 Å². The first-order valence-electron chi connectivity index (χ1n) is 8.73. The lowest BCUT2D eigenvalue weighted by atomic mass is 9.68. The van der Waals surface area contributed by atoms with Crippen LogP contribution in [0.5, 0.6) is 0 Å². The van der Waals surface area contributed by atoms with Crippen LogP contribution in [0, 0.1) is 5.41 Å². The van der Waals surface area contributed by atoms with Gasteiger partial charge in [0, 0.05) is 29.5 Å². The van der Waals surface area contributed by atoms with Crippen LogP contribution in [0.3, 0.4) is 0 Å². The van der Waals surface area contributed by atoms with Gasteiger partial charge in [-0.25, -0.2) is 0 Å². The van der Waals surface area contributed by atoms with Crippen LogP contribution < -0.4 is 17.7 Å². The third-order valence-corrected chi connectivity index (χ3v) is 7.34. The third-order valence-electron chi connectivity index (χ3n) is 7.34. The van der Waals surface area contributed by atoms with Gasteiger partial charge in [-0.3, -0.25) is 4.48 Å². The minimum Gasteiger partial charge on any atom is -1.00 e. The van der Waals surface area contributed by atoms with Crippen molar-refractivity contribution in [2.45, 2.75) is 43.9 Å². The van der Waals surface area contributed by atoms with E-state index in [1.165, 1.54) is 19.4 Å². The van der Waals surface area contributed by atoms with Gasteiger partial charge in [0.25, 0.3) is 0 Å². The second kappa shape index (κ2) is 4.53. The maximum absolute atomic E-state index is 11.7. The number of benzene rings is 1. The molecule has 0 aromatic heterocycles. The molecule has 2 N–H and O–H groups in total. The minimum absolute atomic E-state index is 0. The molecule has 0 aliphatic carbocycles. The molecule has 4 heterocycles. The van der Waals surface area contributed by atoms with Crippen LogP contribution in [-0.4, -0.2) is 34.9 Å². The molecule has 2 fully saturated rings. The fraction of sp³-hybridized carbons (Fsp3) is 0.579. The van der Waals surface area contributed by atoms with E-state index in [-0.39, 0.29) is 18.1 Å². The second-order valence-corrected chi connectivity index (χ2v) is 7.97. The van der Waals surface area contributed by atoms with Gasteiger partial charge in [-0.15, -0.1) is 0 Å². The predicted molar refractivity (Wildman–Crippen MR) is 87.3 cm³/mol. The van der Waals surface area contributed by atoms with Crippen molar-refractivity contribution in [1.82, 2.24) is 0 Å². The summed E-state index contributed by atoms with van der Waals surface area (Å²) in [6, 6.07) is 8.40. The fourth-order valence-corrected chi connectivity index (χ4v) is 6.11. The molecule has 2 spiro atoms. The van der Waals surface area contributed by atoms with E-state index in [2.05, 4.69) is 48.7 Å². The molecule has 1 aromatic carbocycles. The Balaban J connectivity index is 0.00000135. The Morgan fingerprint density at radius 1 is 1.22 bits per heavy atom. The molecule has 0 saturated carbocycles. The minimum atomic E-state index is -0.700. The van der Waals surface area contributed by atoms with Gasteiger partial charge in [0.2, 0.25) is 5.66 Å². The molecule has 124 valence electrons. The number of piperidine rings is 1. The van der Waals surface area contributed by atoms with E-state index >= 15 is 0 Å². The Labute approximate surface area is 144 Å². The Morgan fingerprint density at radius 2 is 2.04 bits per heavy atom. The molecule has 2 saturated heterocycles. The molecule has 4 aliphatic heterocycles. The first-order valence-corrected chi connectivity index (χ1v) is 8.73. The molecule has 23 heavy (non-hydrogen) atoms. The molecule has 0 radical (unpaired) electrons. The van der Waals surface area contributed by atoms with E-state index in [1.807, 2.05) is 0 Å². The Hall–Kier alpha value is -1.03. The topological polar surface area (TPSA) is 32.3 Å². The van der Waals surface area contributed by atoms with Crippen molar-refractivity contribution >= 4 is 5.69 Å². The Morgan fingerprint density at radius 3 is 2.87 bits per heavy atom. The molecule has 3 nitrogen and oxygen atoms in total. The number of quaternary nitrogens is 1. The van der Waals surface area contributed by atoms with Gasteiger partial charge in [0.1, 0.15) is 0 Å². The van der Waals surface area contributed by atoms with Crippen molar-refractivity contribution in [3.63, 3.8) is 0 Å². The highest BCUT2D eigenvalue weighted by Gasteiger charge is 2.75. The summed E-state index contributed by atoms with van der Waals surface area (Å²) in [6.07, 6.45) is 9.21. The van der Waals surface area contributed by atoms with E-state index in [4.69, 9.17) is 0 Å². The first-order chi connectivity index (χ1) is 10.6. The lowest BCUT2D eigenvalue weighted by Crippen LogP contribution is -3.00. The highest BCUT2D eigenvalue weighted by atomic mass is 35.5. The highest BCUT2D eigenvalue weighted by Crippen LogP contribution is 2.63. The van der Waals surface area contributed by atoms with E-state index in [1.54, 1.807) is 0 Å². The molecular weight excluding hydrogens is 308 g/mol. The predicted octanol–water partition coefficient (Wildman–Crippen LogP) is -0.0195. The van der Waals surface area contributed by atoms with E-state index in [9.17, 15) is 5.11 Å². The monoisotopic (exact) mass is 332 g/mol. The molecule has 5 rings (SSSR count). The summed E-state index contributed by atoms with van der Waals surface area (Å²) >= 11 is 0. The van der Waals surface area contributed by atoms with Gasteiger partial charge in [-0.05, 0) is 25.0 Å². The smallest absolute Gasteiger partial charge is 0.206 e. The SMILES string of the molecule is CC[C@@]12C=CC[N+]3(CC[C@@]4(O)c5ccccc5N[C@]43CC1)C2.[Cl-]. The lowest BCUT2D eigenvalue weighted by molar-refractivity contribution is -0.972. The average Bonchev–Trinajstić information content (AvgIpc) is 2.94. The number of para-hydroxylation sites is 1. The number of fused-ring (bicyclic) bond motifs is 3. The van der Waals surface area contributed by atoms with Gasteiger partial charge in [-0.1, -0.05) is 31.2 Å². The zero-order valence-corrected chi connectivity index (χ0v) is 14.4. The molecule has 1 unspecified atom stereocenters. The number of hydrogen-bond acceptors (Lipinski definition) is 2. The van der Waals surface area contributed by atoms with Gasteiger partial charge >= 0.3 is 0 Å². The van der Waals surface area contributed by atoms with Crippen LogP contribution in [0.2, 0.25) is 0 Å². The average molecular weight is 333 g/mol. The molecule has 4 atom stereocenters. The Kier molecular flexibility index (Phi) is 3.05. The number of anilines is 1. The molecule has 1 aromatic rings. The lowest BCUT2D eigenvalue weighted by Gasteiger charge is -2.59. The number of nitrogens with one attached hydrogen (secondary N) is 1. The molecule has 4 aliphatic rings. The molecular formula is C19H25ClN2O. The molecule has 2 bridgehead atoms. The molecule has 4 heteroatoms. The summed E-state index contributed by atoms with van der Waals surface area (Å²) in [5, 5.41) is 15.6. The van der Waals surface area contributed by atoms with Crippen LogP contribution >= 0.6 is 0 Å². The van der Waals surface area contributed by atoms with Crippen LogP contribution in [0.15, 0.2) is 36.4 Å². The van der Waals surface area contributed by atoms with Crippen LogP contribution in [-0.2, 0) is 5.60 Å². The summed E-state index contributed by atoms with van der Waals surface area (Å²) < 4.78 is 1.03. The number of halogens is 1. The first kappa shape index (κ1) is 15.5. The van der Waals surface area contributed by atoms with E-state index < -0.39 is 5.60 Å². The second-order valence-electron chi connectivity index (χ2n) is 7.97. The van der Waals surface area contributed by atoms with Crippen molar-refractivity contribution in [3.05, 3.63) is 42.0 Å². The van der Waals surface area contributed by atoms with E-state index in [0.29, 0.717) is 5.41 Å². The van der Waals surface area contributed by atoms with Crippen molar-refractivity contribution in [2.75, 3.05) is 25.0 Å². The standard InChI is InChI=1S/C19H25N2O.ClH/c1-2-17-8-5-12-21(14-17)13-11-18(22)15-6-3-4-7-16(15)20-19(18,21)10-9-17;/h3-8,20,22H,2,9-14H2,1H3;1H/q+1;/p-1/t17-,18-,19+,21?;/m1./s1. The number of nitrogens with zero attached hydrogens (tertiary/aromatic N) is 1. The Bertz CT molecular complexity index is 692. The van der Waals surface area contributed by atoms with Crippen molar-refractivity contribution in [3.8, 4) is 0 Å². The normalized spacial score (nSPS) is 45.5. The highest BCUT2D eigenvalue weighted by molar-refractivity contribution is 5.63. The van der Waals surface area contributed by atoms with Crippen molar-refractivity contribution in [2.24, 2.45) is 5.41 Å². The maximum atomic E-state index is 11.7.